The fraction of sp³-hybridized carbons (Fsp3) is 0.308. The van der Waals surface area contributed by atoms with Crippen molar-refractivity contribution in [2.45, 2.75) is 24.5 Å². The number of hydrogen-bond donors (Lipinski definition) is 2. The van der Waals surface area contributed by atoms with Crippen molar-refractivity contribution >= 4 is 10.0 Å². The Bertz CT molecular complexity index is 636. The van der Waals surface area contributed by atoms with Crippen molar-refractivity contribution in [1.82, 2.24) is 15.0 Å². The van der Waals surface area contributed by atoms with Gasteiger partial charge in [0.2, 0.25) is 0 Å². The monoisotopic (exact) mass is 295 g/mol. The van der Waals surface area contributed by atoms with Crippen LogP contribution in [-0.4, -0.2) is 20.4 Å². The van der Waals surface area contributed by atoms with E-state index in [9.17, 15) is 8.42 Å². The second kappa shape index (κ2) is 6.17. The third-order valence-corrected chi connectivity index (χ3v) is 4.21. The standard InChI is InChI=1S/C13H17N3O3S/c1-10(12-4-3-7-19-12)16-20(17,18)13-6-5-11(8-14-2)9-15-13/h3-7,9-10,14,16H,8H2,1-2H3. The van der Waals surface area contributed by atoms with Crippen LogP contribution in [0, 0.1) is 0 Å². The van der Waals surface area contributed by atoms with E-state index in [0.717, 1.165) is 5.56 Å². The van der Waals surface area contributed by atoms with Gasteiger partial charge in [-0.3, -0.25) is 0 Å². The SMILES string of the molecule is CNCc1ccc(S(=O)(=O)NC(C)c2ccco2)nc1. The van der Waals surface area contributed by atoms with E-state index in [0.29, 0.717) is 12.3 Å². The summed E-state index contributed by atoms with van der Waals surface area (Å²) in [5.41, 5.74) is 0.922. The first-order valence-electron chi connectivity index (χ1n) is 6.18. The molecule has 2 aromatic heterocycles. The highest BCUT2D eigenvalue weighted by Crippen LogP contribution is 2.16. The molecule has 0 aliphatic carbocycles. The predicted octanol–water partition coefficient (Wildman–Crippen LogP) is 1.43. The highest BCUT2D eigenvalue weighted by atomic mass is 32.2. The number of nitrogens with one attached hydrogen (secondary N) is 2. The Morgan fingerprint density at radius 2 is 2.15 bits per heavy atom. The van der Waals surface area contributed by atoms with Gasteiger partial charge < -0.3 is 9.73 Å². The van der Waals surface area contributed by atoms with Crippen molar-refractivity contribution in [2.75, 3.05) is 7.05 Å². The minimum absolute atomic E-state index is 0.00393. The molecule has 1 atom stereocenters. The first kappa shape index (κ1) is 14.7. The molecule has 2 rings (SSSR count). The van der Waals surface area contributed by atoms with Crippen molar-refractivity contribution in [2.24, 2.45) is 0 Å². The average molecular weight is 295 g/mol. The summed E-state index contributed by atoms with van der Waals surface area (Å²) >= 11 is 0. The van der Waals surface area contributed by atoms with E-state index in [1.165, 1.54) is 12.3 Å². The summed E-state index contributed by atoms with van der Waals surface area (Å²) in [5.74, 6) is 0.556. The Labute approximate surface area is 118 Å². The van der Waals surface area contributed by atoms with E-state index >= 15 is 0 Å². The van der Waals surface area contributed by atoms with Gasteiger partial charge in [-0.1, -0.05) is 6.07 Å². The van der Waals surface area contributed by atoms with Gasteiger partial charge >= 0.3 is 0 Å². The molecule has 7 heteroatoms. The Hall–Kier alpha value is -1.70. The molecule has 0 amide bonds. The van der Waals surface area contributed by atoms with Gasteiger partial charge in [-0.2, -0.15) is 4.72 Å². The van der Waals surface area contributed by atoms with Crippen LogP contribution < -0.4 is 10.0 Å². The summed E-state index contributed by atoms with van der Waals surface area (Å²) in [6.07, 6.45) is 3.05. The number of pyridine rings is 1. The molecule has 0 saturated heterocycles. The van der Waals surface area contributed by atoms with E-state index in [1.54, 1.807) is 31.3 Å². The minimum atomic E-state index is -3.66. The number of rotatable bonds is 6. The third kappa shape index (κ3) is 3.44. The topological polar surface area (TPSA) is 84.2 Å². The summed E-state index contributed by atoms with van der Waals surface area (Å²) in [6.45, 7) is 2.36. The molecule has 1 unspecified atom stereocenters. The minimum Gasteiger partial charge on any atom is -0.468 e. The van der Waals surface area contributed by atoms with Crippen molar-refractivity contribution in [3.05, 3.63) is 48.0 Å². The average Bonchev–Trinajstić information content (AvgIpc) is 2.93. The second-order valence-corrected chi connectivity index (χ2v) is 6.05. The maximum absolute atomic E-state index is 12.2. The van der Waals surface area contributed by atoms with E-state index in [-0.39, 0.29) is 5.03 Å². The number of hydrogen-bond acceptors (Lipinski definition) is 5. The van der Waals surface area contributed by atoms with Crippen molar-refractivity contribution in [3.8, 4) is 0 Å². The maximum atomic E-state index is 12.2. The van der Waals surface area contributed by atoms with Crippen LogP contribution in [0.5, 0.6) is 0 Å². The van der Waals surface area contributed by atoms with E-state index < -0.39 is 16.1 Å². The summed E-state index contributed by atoms with van der Waals surface area (Å²) in [7, 11) is -1.84. The maximum Gasteiger partial charge on any atom is 0.258 e. The number of furan rings is 1. The van der Waals surface area contributed by atoms with Crippen LogP contribution in [0.25, 0.3) is 0 Å². The molecule has 108 valence electrons. The molecule has 6 nitrogen and oxygen atoms in total. The highest BCUT2D eigenvalue weighted by Gasteiger charge is 2.20. The molecular formula is C13H17N3O3S. The molecule has 2 aromatic rings. The lowest BCUT2D eigenvalue weighted by atomic mass is 10.3. The van der Waals surface area contributed by atoms with Crippen LogP contribution in [0.15, 0.2) is 46.2 Å². The van der Waals surface area contributed by atoms with Gasteiger partial charge in [-0.25, -0.2) is 13.4 Å². The van der Waals surface area contributed by atoms with Crippen molar-refractivity contribution in [1.29, 1.82) is 0 Å². The van der Waals surface area contributed by atoms with Crippen LogP contribution >= 0.6 is 0 Å². The van der Waals surface area contributed by atoms with Crippen LogP contribution in [0.1, 0.15) is 24.3 Å². The summed E-state index contributed by atoms with van der Waals surface area (Å²) < 4.78 is 32.1. The quantitative estimate of drug-likeness (QED) is 0.842. The lowest BCUT2D eigenvalue weighted by molar-refractivity contribution is 0.459. The normalized spacial score (nSPS) is 13.3. The Morgan fingerprint density at radius 3 is 2.70 bits per heavy atom. The third-order valence-electron chi connectivity index (χ3n) is 2.76. The first-order chi connectivity index (χ1) is 9.53. The molecule has 0 aromatic carbocycles. The number of aromatic nitrogens is 1. The molecule has 2 N–H and O–H groups in total. The van der Waals surface area contributed by atoms with E-state index in [4.69, 9.17) is 4.42 Å². The molecule has 0 fully saturated rings. The Kier molecular flexibility index (Phi) is 4.53. The number of sulfonamides is 1. The zero-order chi connectivity index (χ0) is 14.6. The molecule has 0 aliphatic rings. The Balaban J connectivity index is 2.13. The smallest absolute Gasteiger partial charge is 0.258 e. The lowest BCUT2D eigenvalue weighted by Gasteiger charge is -2.11. The van der Waals surface area contributed by atoms with E-state index in [1.807, 2.05) is 7.05 Å². The predicted molar refractivity (Wildman–Crippen MR) is 74.4 cm³/mol. The molecule has 2 heterocycles. The van der Waals surface area contributed by atoms with Gasteiger partial charge in [0.05, 0.1) is 12.3 Å². The highest BCUT2D eigenvalue weighted by molar-refractivity contribution is 7.89. The molecule has 0 spiro atoms. The molecular weight excluding hydrogens is 278 g/mol. The Morgan fingerprint density at radius 1 is 1.35 bits per heavy atom. The van der Waals surface area contributed by atoms with Crippen molar-refractivity contribution in [3.63, 3.8) is 0 Å². The lowest BCUT2D eigenvalue weighted by Crippen LogP contribution is -2.27. The summed E-state index contributed by atoms with van der Waals surface area (Å²) in [6, 6.07) is 6.20. The van der Waals surface area contributed by atoms with Gasteiger partial charge in [-0.05, 0) is 37.7 Å². The van der Waals surface area contributed by atoms with Gasteiger partial charge in [0.1, 0.15) is 5.76 Å². The molecule has 0 saturated carbocycles. The zero-order valence-electron chi connectivity index (χ0n) is 11.3. The molecule has 0 bridgehead atoms. The van der Waals surface area contributed by atoms with Gasteiger partial charge in [0.25, 0.3) is 10.0 Å². The van der Waals surface area contributed by atoms with Crippen LogP contribution in [0.4, 0.5) is 0 Å². The second-order valence-electron chi connectivity index (χ2n) is 4.39. The van der Waals surface area contributed by atoms with Gasteiger partial charge in [-0.15, -0.1) is 0 Å². The molecule has 20 heavy (non-hydrogen) atoms. The molecule has 0 aliphatic heterocycles. The largest absolute Gasteiger partial charge is 0.468 e. The summed E-state index contributed by atoms with van der Waals surface area (Å²) in [4.78, 5) is 3.98. The first-order valence-corrected chi connectivity index (χ1v) is 7.66. The van der Waals surface area contributed by atoms with Crippen LogP contribution in [0.3, 0.4) is 0 Å². The van der Waals surface area contributed by atoms with E-state index in [2.05, 4.69) is 15.0 Å². The fourth-order valence-electron chi connectivity index (χ4n) is 1.77. The van der Waals surface area contributed by atoms with Crippen molar-refractivity contribution < 1.29 is 12.8 Å². The zero-order valence-corrected chi connectivity index (χ0v) is 12.1. The fourth-order valence-corrected chi connectivity index (χ4v) is 2.91. The summed E-state index contributed by atoms with van der Waals surface area (Å²) in [5, 5.41) is 2.97. The molecule has 0 radical (unpaired) electrons. The van der Waals surface area contributed by atoms with Crippen LogP contribution in [-0.2, 0) is 16.6 Å². The van der Waals surface area contributed by atoms with Crippen LogP contribution in [0.2, 0.25) is 0 Å². The van der Waals surface area contributed by atoms with Gasteiger partial charge in [0, 0.05) is 12.7 Å². The van der Waals surface area contributed by atoms with Gasteiger partial charge in [0.15, 0.2) is 5.03 Å². The number of nitrogens with zero attached hydrogens (tertiary/aromatic N) is 1.